The van der Waals surface area contributed by atoms with E-state index in [0.717, 1.165) is 40.6 Å². The van der Waals surface area contributed by atoms with E-state index < -0.39 is 0 Å². The second-order valence-electron chi connectivity index (χ2n) is 5.41. The quantitative estimate of drug-likeness (QED) is 0.465. The van der Waals surface area contributed by atoms with Crippen LogP contribution in [-0.2, 0) is 11.3 Å². The molecule has 0 aliphatic heterocycles. The number of ether oxygens (including phenoxy) is 1. The predicted octanol–water partition coefficient (Wildman–Crippen LogP) is 3.03. The highest BCUT2D eigenvalue weighted by Crippen LogP contribution is 2.32. The maximum Gasteiger partial charge on any atom is 0.341 e. The Morgan fingerprint density at radius 3 is 2.79 bits per heavy atom. The van der Waals surface area contributed by atoms with E-state index in [0.29, 0.717) is 10.7 Å². The number of nitrogens with zero attached hydrogens (tertiary/aromatic N) is 2. The zero-order valence-electron chi connectivity index (χ0n) is 14.3. The molecule has 24 heavy (non-hydrogen) atoms. The first-order valence-corrected chi connectivity index (χ1v) is 8.88. The van der Waals surface area contributed by atoms with Gasteiger partial charge in [0.05, 0.1) is 12.7 Å². The summed E-state index contributed by atoms with van der Waals surface area (Å²) in [5, 5.41) is 11.7. The second kappa shape index (κ2) is 8.25. The van der Waals surface area contributed by atoms with E-state index in [4.69, 9.17) is 17.0 Å². The van der Waals surface area contributed by atoms with Gasteiger partial charge < -0.3 is 15.4 Å². The van der Waals surface area contributed by atoms with Gasteiger partial charge in [-0.3, -0.25) is 4.68 Å². The molecule has 0 atom stereocenters. The number of thiocarbonyl (C=S) groups is 1. The van der Waals surface area contributed by atoms with E-state index >= 15 is 0 Å². The van der Waals surface area contributed by atoms with Gasteiger partial charge in [-0.05, 0) is 51.0 Å². The molecule has 0 bridgehead atoms. The number of hydrogen-bond acceptors (Lipinski definition) is 5. The van der Waals surface area contributed by atoms with Crippen molar-refractivity contribution in [2.75, 3.05) is 19.0 Å². The zero-order chi connectivity index (χ0) is 17.7. The number of carbonyl (C=O) groups excluding carboxylic acids is 1. The SMILES string of the molecule is COC(=O)c1c(NC(=S)NCCCn2nccc2C)sc(C)c1C. The third kappa shape index (κ3) is 4.33. The van der Waals surface area contributed by atoms with Crippen molar-refractivity contribution in [1.29, 1.82) is 0 Å². The van der Waals surface area contributed by atoms with Gasteiger partial charge in [0.1, 0.15) is 5.00 Å². The monoisotopic (exact) mass is 366 g/mol. The van der Waals surface area contributed by atoms with Crippen LogP contribution >= 0.6 is 23.6 Å². The van der Waals surface area contributed by atoms with Gasteiger partial charge >= 0.3 is 5.97 Å². The van der Waals surface area contributed by atoms with Gasteiger partial charge in [0.2, 0.25) is 0 Å². The summed E-state index contributed by atoms with van der Waals surface area (Å²) in [4.78, 5) is 13.0. The van der Waals surface area contributed by atoms with Crippen molar-refractivity contribution in [3.63, 3.8) is 0 Å². The lowest BCUT2D eigenvalue weighted by Crippen LogP contribution is -2.30. The molecule has 2 aromatic rings. The van der Waals surface area contributed by atoms with Gasteiger partial charge in [-0.1, -0.05) is 0 Å². The number of aromatic nitrogens is 2. The van der Waals surface area contributed by atoms with Gasteiger partial charge in [0.15, 0.2) is 5.11 Å². The molecule has 2 aromatic heterocycles. The lowest BCUT2D eigenvalue weighted by atomic mass is 10.1. The van der Waals surface area contributed by atoms with Crippen LogP contribution in [0.3, 0.4) is 0 Å². The fourth-order valence-electron chi connectivity index (χ4n) is 2.27. The molecule has 6 nitrogen and oxygen atoms in total. The Morgan fingerprint density at radius 1 is 1.42 bits per heavy atom. The van der Waals surface area contributed by atoms with Crippen LogP contribution in [0, 0.1) is 20.8 Å². The van der Waals surface area contributed by atoms with Crippen molar-refractivity contribution in [3.05, 3.63) is 34.0 Å². The topological polar surface area (TPSA) is 68.2 Å². The van der Waals surface area contributed by atoms with Gasteiger partial charge in [-0.15, -0.1) is 11.3 Å². The summed E-state index contributed by atoms with van der Waals surface area (Å²) in [6.45, 7) is 7.47. The number of thiophene rings is 1. The average molecular weight is 367 g/mol. The molecule has 0 aromatic carbocycles. The minimum atomic E-state index is -0.351. The molecule has 0 saturated carbocycles. The molecule has 0 aliphatic rings. The second-order valence-corrected chi connectivity index (χ2v) is 7.04. The number of nitrogens with one attached hydrogen (secondary N) is 2. The summed E-state index contributed by atoms with van der Waals surface area (Å²) in [7, 11) is 1.38. The summed E-state index contributed by atoms with van der Waals surface area (Å²) >= 11 is 6.82. The van der Waals surface area contributed by atoms with E-state index in [-0.39, 0.29) is 5.97 Å². The van der Waals surface area contributed by atoms with E-state index in [1.165, 1.54) is 18.4 Å². The highest BCUT2D eigenvalue weighted by atomic mass is 32.1. The van der Waals surface area contributed by atoms with Crippen molar-refractivity contribution >= 4 is 39.6 Å². The van der Waals surface area contributed by atoms with Crippen molar-refractivity contribution in [2.45, 2.75) is 33.7 Å². The number of aryl methyl sites for hydroxylation is 3. The molecule has 0 unspecified atom stereocenters. The Balaban J connectivity index is 1.87. The van der Waals surface area contributed by atoms with Crippen molar-refractivity contribution in [2.24, 2.45) is 0 Å². The first-order valence-electron chi connectivity index (χ1n) is 7.65. The fraction of sp³-hybridized carbons (Fsp3) is 0.438. The van der Waals surface area contributed by atoms with E-state index in [1.54, 1.807) is 6.20 Å². The molecule has 0 radical (unpaired) electrons. The van der Waals surface area contributed by atoms with Gasteiger partial charge in [0.25, 0.3) is 0 Å². The number of carbonyl (C=O) groups is 1. The maximum absolute atomic E-state index is 11.9. The van der Waals surface area contributed by atoms with Gasteiger partial charge in [-0.25, -0.2) is 4.79 Å². The molecule has 0 amide bonds. The molecular formula is C16H22N4O2S2. The largest absolute Gasteiger partial charge is 0.465 e. The van der Waals surface area contributed by atoms with E-state index in [9.17, 15) is 4.79 Å². The number of anilines is 1. The van der Waals surface area contributed by atoms with Crippen LogP contribution in [0.5, 0.6) is 0 Å². The Labute approximate surface area is 151 Å². The summed E-state index contributed by atoms with van der Waals surface area (Å²) in [6.07, 6.45) is 2.70. The van der Waals surface area contributed by atoms with Gasteiger partial charge in [-0.2, -0.15) is 5.10 Å². The molecule has 130 valence electrons. The first-order chi connectivity index (χ1) is 11.4. The number of hydrogen-bond donors (Lipinski definition) is 2. The highest BCUT2D eigenvalue weighted by Gasteiger charge is 2.20. The van der Waals surface area contributed by atoms with Crippen molar-refractivity contribution < 1.29 is 9.53 Å². The summed E-state index contributed by atoms with van der Waals surface area (Å²) in [5.41, 5.74) is 2.62. The molecule has 8 heteroatoms. The molecule has 0 spiro atoms. The average Bonchev–Trinajstić information content (AvgIpc) is 3.07. The Kier molecular flexibility index (Phi) is 6.33. The molecule has 2 heterocycles. The Bertz CT molecular complexity index is 737. The minimum Gasteiger partial charge on any atom is -0.465 e. The number of methoxy groups -OCH3 is 1. The Hall–Kier alpha value is -1.93. The fourth-order valence-corrected chi connectivity index (χ4v) is 3.60. The van der Waals surface area contributed by atoms with Crippen LogP contribution in [0.1, 0.15) is 32.9 Å². The van der Waals surface area contributed by atoms with Crippen molar-refractivity contribution in [1.82, 2.24) is 15.1 Å². The zero-order valence-corrected chi connectivity index (χ0v) is 15.9. The minimum absolute atomic E-state index is 0.351. The van der Waals surface area contributed by atoms with Crippen LogP contribution in [0.2, 0.25) is 0 Å². The Morgan fingerprint density at radius 2 is 2.17 bits per heavy atom. The smallest absolute Gasteiger partial charge is 0.341 e. The van der Waals surface area contributed by atoms with Crippen LogP contribution in [0.25, 0.3) is 0 Å². The summed E-state index contributed by atoms with van der Waals surface area (Å²) < 4.78 is 6.82. The molecule has 0 aliphatic carbocycles. The molecule has 0 saturated heterocycles. The van der Waals surface area contributed by atoms with Gasteiger partial charge in [0, 0.05) is 29.9 Å². The number of esters is 1. The molecular weight excluding hydrogens is 344 g/mol. The van der Waals surface area contributed by atoms with Crippen LogP contribution in [-0.4, -0.2) is 34.5 Å². The lowest BCUT2D eigenvalue weighted by Gasteiger charge is -2.11. The van der Waals surface area contributed by atoms with E-state index in [1.807, 2.05) is 31.5 Å². The summed E-state index contributed by atoms with van der Waals surface area (Å²) in [5.74, 6) is -0.351. The molecule has 2 N–H and O–H groups in total. The standard InChI is InChI=1S/C16H22N4O2S2/c1-10-6-8-18-20(10)9-5-7-17-16(23)19-14-13(15(21)22-4)11(2)12(3)24-14/h6,8H,5,7,9H2,1-4H3,(H2,17,19,23). The third-order valence-corrected chi connectivity index (χ3v) is 5.13. The van der Waals surface area contributed by atoms with E-state index in [2.05, 4.69) is 15.7 Å². The molecule has 2 rings (SSSR count). The normalized spacial score (nSPS) is 10.5. The highest BCUT2D eigenvalue weighted by molar-refractivity contribution is 7.80. The number of rotatable bonds is 6. The van der Waals surface area contributed by atoms with Crippen LogP contribution in [0.15, 0.2) is 12.3 Å². The third-order valence-electron chi connectivity index (χ3n) is 3.76. The van der Waals surface area contributed by atoms with Crippen LogP contribution < -0.4 is 10.6 Å². The summed E-state index contributed by atoms with van der Waals surface area (Å²) in [6, 6.07) is 1.98. The maximum atomic E-state index is 11.9. The predicted molar refractivity (Wildman–Crippen MR) is 101 cm³/mol. The van der Waals surface area contributed by atoms with Crippen molar-refractivity contribution in [3.8, 4) is 0 Å². The lowest BCUT2D eigenvalue weighted by molar-refractivity contribution is 0.0601. The molecule has 0 fully saturated rings. The first kappa shape index (κ1) is 18.4. The van der Waals surface area contributed by atoms with Crippen LogP contribution in [0.4, 0.5) is 5.00 Å².